The molecular formula is C30H35FN2O4. The second kappa shape index (κ2) is 10.3. The van der Waals surface area contributed by atoms with E-state index in [2.05, 4.69) is 35.2 Å². The summed E-state index contributed by atoms with van der Waals surface area (Å²) in [6.45, 7) is 6.39. The number of esters is 1. The van der Waals surface area contributed by atoms with Crippen molar-refractivity contribution in [3.8, 4) is 11.1 Å². The molecule has 0 radical (unpaired) electrons. The van der Waals surface area contributed by atoms with Gasteiger partial charge in [-0.05, 0) is 98.9 Å². The minimum absolute atomic E-state index is 0.335. The second-order valence-corrected chi connectivity index (χ2v) is 10.4. The van der Waals surface area contributed by atoms with E-state index in [4.69, 9.17) is 9.47 Å². The van der Waals surface area contributed by atoms with E-state index >= 15 is 0 Å². The lowest BCUT2D eigenvalue weighted by Gasteiger charge is -2.37. The lowest BCUT2D eigenvalue weighted by Crippen LogP contribution is -2.40. The number of ether oxygens (including phenoxy) is 2. The average molecular weight is 507 g/mol. The fourth-order valence-electron chi connectivity index (χ4n) is 6.44. The third kappa shape index (κ3) is 4.45. The molecule has 0 aromatic heterocycles. The van der Waals surface area contributed by atoms with Crippen LogP contribution in [-0.4, -0.2) is 51.0 Å². The maximum atomic E-state index is 14.1. The molecule has 2 heterocycles. The number of fused-ring (bicyclic) bond motifs is 2. The molecule has 2 aromatic carbocycles. The molecule has 0 unspecified atom stereocenters. The topological polar surface area (TPSA) is 67.9 Å². The number of nitrogens with one attached hydrogen (secondary N) is 1. The van der Waals surface area contributed by atoms with Gasteiger partial charge in [0.1, 0.15) is 17.8 Å². The van der Waals surface area contributed by atoms with E-state index < -0.39 is 11.6 Å². The number of hydrogen-bond acceptors (Lipinski definition) is 6. The van der Waals surface area contributed by atoms with Gasteiger partial charge in [-0.15, -0.1) is 0 Å². The number of hydrogen-bond donors (Lipinski definition) is 1. The zero-order chi connectivity index (χ0) is 26.2. The smallest absolute Gasteiger partial charge is 0.338 e. The van der Waals surface area contributed by atoms with Crippen molar-refractivity contribution < 1.29 is 23.5 Å². The summed E-state index contributed by atoms with van der Waals surface area (Å²) in [7, 11) is 1.41. The van der Waals surface area contributed by atoms with Crippen LogP contribution in [-0.2, 0) is 19.7 Å². The lowest BCUT2D eigenvalue weighted by atomic mass is 9.68. The molecule has 2 aliphatic heterocycles. The van der Waals surface area contributed by atoms with Gasteiger partial charge in [0.05, 0.1) is 12.7 Å². The normalized spacial score (nSPS) is 23.4. The fourth-order valence-corrected chi connectivity index (χ4v) is 6.44. The maximum absolute atomic E-state index is 14.1. The van der Waals surface area contributed by atoms with Gasteiger partial charge >= 0.3 is 5.97 Å². The number of halogens is 1. The number of carbonyl (C=O) groups excluding carboxylic acids is 2. The van der Waals surface area contributed by atoms with Crippen LogP contribution in [0.5, 0.6) is 0 Å². The van der Waals surface area contributed by atoms with Gasteiger partial charge in [0.25, 0.3) is 0 Å². The summed E-state index contributed by atoms with van der Waals surface area (Å²) >= 11 is 0. The van der Waals surface area contributed by atoms with Crippen LogP contribution in [0.2, 0.25) is 0 Å². The SMILES string of the molecule is CCN(c1cc(-c2ccc3c(c2)C2(CCC(F)CC2)C(=C=O)N3)cc(C(=O)OC)c1C)C1CCOCC1. The summed E-state index contributed by atoms with van der Waals surface area (Å²) in [4.78, 5) is 27.1. The largest absolute Gasteiger partial charge is 0.465 e. The Morgan fingerprint density at radius 1 is 1.16 bits per heavy atom. The molecule has 3 aliphatic rings. The Hall–Kier alpha value is -3.15. The Labute approximate surface area is 217 Å². The van der Waals surface area contributed by atoms with E-state index in [1.54, 1.807) is 0 Å². The summed E-state index contributed by atoms with van der Waals surface area (Å²) in [6, 6.07) is 10.5. The number of alkyl halides is 1. The molecule has 6 nitrogen and oxygen atoms in total. The molecule has 1 spiro atoms. The van der Waals surface area contributed by atoms with Gasteiger partial charge in [-0.25, -0.2) is 14.0 Å². The Morgan fingerprint density at radius 2 is 1.89 bits per heavy atom. The minimum atomic E-state index is -0.835. The number of methoxy groups -OCH3 is 1. The summed E-state index contributed by atoms with van der Waals surface area (Å²) in [5.41, 5.74) is 6.17. The number of anilines is 2. The minimum Gasteiger partial charge on any atom is -0.465 e. The summed E-state index contributed by atoms with van der Waals surface area (Å²) in [5, 5.41) is 3.24. The van der Waals surface area contributed by atoms with Crippen molar-refractivity contribution in [2.24, 2.45) is 0 Å². The van der Waals surface area contributed by atoms with Crippen LogP contribution in [0.3, 0.4) is 0 Å². The highest BCUT2D eigenvalue weighted by atomic mass is 19.1. The van der Waals surface area contributed by atoms with Crippen molar-refractivity contribution in [3.05, 3.63) is 52.7 Å². The summed E-state index contributed by atoms with van der Waals surface area (Å²) in [5.74, 6) is 1.74. The highest BCUT2D eigenvalue weighted by molar-refractivity contribution is 5.95. The van der Waals surface area contributed by atoms with Gasteiger partial charge in [-0.1, -0.05) is 6.07 Å². The van der Waals surface area contributed by atoms with Crippen LogP contribution in [0.4, 0.5) is 15.8 Å². The Bertz CT molecular complexity index is 1240. The number of carbonyl (C=O) groups is 1. The zero-order valence-corrected chi connectivity index (χ0v) is 21.9. The molecule has 7 heteroatoms. The van der Waals surface area contributed by atoms with Crippen LogP contribution >= 0.6 is 0 Å². The first kappa shape index (κ1) is 25.5. The van der Waals surface area contributed by atoms with Gasteiger partial charge < -0.3 is 19.7 Å². The predicted octanol–water partition coefficient (Wildman–Crippen LogP) is 5.74. The summed E-state index contributed by atoms with van der Waals surface area (Å²) < 4.78 is 24.8. The molecule has 2 aromatic rings. The van der Waals surface area contributed by atoms with Crippen molar-refractivity contribution in [3.63, 3.8) is 0 Å². The van der Waals surface area contributed by atoms with Crippen LogP contribution in [0.15, 0.2) is 36.0 Å². The van der Waals surface area contributed by atoms with Crippen molar-refractivity contribution in [1.82, 2.24) is 0 Å². The predicted molar refractivity (Wildman–Crippen MR) is 143 cm³/mol. The van der Waals surface area contributed by atoms with Crippen LogP contribution in [0.25, 0.3) is 11.1 Å². The van der Waals surface area contributed by atoms with Crippen molar-refractivity contribution in [2.75, 3.05) is 37.1 Å². The van der Waals surface area contributed by atoms with Crippen molar-refractivity contribution in [2.45, 2.75) is 70.0 Å². The van der Waals surface area contributed by atoms with E-state index in [1.807, 2.05) is 25.1 Å². The van der Waals surface area contributed by atoms with E-state index in [9.17, 15) is 14.0 Å². The fraction of sp³-hybridized carbons (Fsp3) is 0.500. The highest BCUT2D eigenvalue weighted by Gasteiger charge is 2.47. The van der Waals surface area contributed by atoms with Gasteiger partial charge in [0.2, 0.25) is 0 Å². The number of nitrogens with zero attached hydrogens (tertiary/aromatic N) is 1. The van der Waals surface area contributed by atoms with E-state index in [0.29, 0.717) is 43.0 Å². The van der Waals surface area contributed by atoms with Crippen molar-refractivity contribution in [1.29, 1.82) is 0 Å². The molecule has 1 aliphatic carbocycles. The van der Waals surface area contributed by atoms with Gasteiger partial charge in [-0.3, -0.25) is 0 Å². The molecule has 196 valence electrons. The first-order valence-corrected chi connectivity index (χ1v) is 13.3. The molecule has 1 saturated carbocycles. The molecule has 0 bridgehead atoms. The van der Waals surface area contributed by atoms with E-state index in [-0.39, 0.29) is 5.97 Å². The van der Waals surface area contributed by atoms with Gasteiger partial charge in [0.15, 0.2) is 0 Å². The average Bonchev–Trinajstić information content (AvgIpc) is 3.24. The first-order chi connectivity index (χ1) is 17.9. The maximum Gasteiger partial charge on any atom is 0.338 e. The third-order valence-electron chi connectivity index (χ3n) is 8.54. The van der Waals surface area contributed by atoms with Crippen LogP contribution in [0, 0.1) is 6.92 Å². The molecule has 0 amide bonds. The van der Waals surface area contributed by atoms with Crippen LogP contribution in [0.1, 0.15) is 66.9 Å². The molecule has 2 fully saturated rings. The first-order valence-electron chi connectivity index (χ1n) is 13.3. The molecular weight excluding hydrogens is 471 g/mol. The Balaban J connectivity index is 1.62. The summed E-state index contributed by atoms with van der Waals surface area (Å²) in [6.07, 6.45) is 3.04. The standard InChI is InChI=1S/C30H35FN2O4/c1-4-33(23-9-13-37-14-10-23)27-17-21(15-24(19(27)2)29(35)36-3)20-5-6-26-25(16-20)30(28(18-34)32-26)11-7-22(31)8-12-30/h5-6,15-17,22-23,32H,4,7-14H2,1-3H3. The van der Waals surface area contributed by atoms with Crippen molar-refractivity contribution >= 4 is 23.3 Å². The lowest BCUT2D eigenvalue weighted by molar-refractivity contribution is 0.0599. The number of rotatable bonds is 5. The second-order valence-electron chi connectivity index (χ2n) is 10.4. The monoisotopic (exact) mass is 506 g/mol. The van der Waals surface area contributed by atoms with Crippen LogP contribution < -0.4 is 10.2 Å². The van der Waals surface area contributed by atoms with E-state index in [1.165, 1.54) is 7.11 Å². The molecule has 37 heavy (non-hydrogen) atoms. The number of benzene rings is 2. The van der Waals surface area contributed by atoms with Gasteiger partial charge in [-0.2, -0.15) is 0 Å². The zero-order valence-electron chi connectivity index (χ0n) is 21.9. The highest BCUT2D eigenvalue weighted by Crippen LogP contribution is 2.52. The molecule has 1 N–H and O–H groups in total. The number of allylic oxidation sites excluding steroid dienone is 1. The van der Waals surface area contributed by atoms with Gasteiger partial charge in [0, 0.05) is 42.6 Å². The Kier molecular flexibility index (Phi) is 7.11. The Morgan fingerprint density at radius 3 is 2.54 bits per heavy atom. The van der Waals surface area contributed by atoms with E-state index in [0.717, 1.165) is 66.2 Å². The third-order valence-corrected chi connectivity index (χ3v) is 8.54. The molecule has 1 saturated heterocycles. The molecule has 5 rings (SSSR count). The molecule has 0 atom stereocenters. The quantitative estimate of drug-likeness (QED) is 0.412.